The second-order valence-electron chi connectivity index (χ2n) is 2.72. The molecule has 0 aliphatic carbocycles. The lowest BCUT2D eigenvalue weighted by Gasteiger charge is -2.13. The SMILES string of the molecule is COc1nc(Cl)c(C(F)F)cc1OC(F)(F)F. The van der Waals surface area contributed by atoms with Crippen molar-refractivity contribution in [1.29, 1.82) is 0 Å². The molecule has 0 fully saturated rings. The van der Waals surface area contributed by atoms with E-state index in [-0.39, 0.29) is 0 Å². The van der Waals surface area contributed by atoms with Crippen molar-refractivity contribution in [3.8, 4) is 11.6 Å². The molecule has 0 N–H and O–H groups in total. The van der Waals surface area contributed by atoms with Crippen LogP contribution in [0.15, 0.2) is 6.07 Å². The smallest absolute Gasteiger partial charge is 0.478 e. The number of hydrogen-bond acceptors (Lipinski definition) is 3. The van der Waals surface area contributed by atoms with E-state index in [2.05, 4.69) is 14.5 Å². The van der Waals surface area contributed by atoms with E-state index in [1.807, 2.05) is 0 Å². The summed E-state index contributed by atoms with van der Waals surface area (Å²) >= 11 is 5.34. The van der Waals surface area contributed by atoms with E-state index >= 15 is 0 Å². The Hall–Kier alpha value is -1.31. The molecule has 1 aromatic rings. The van der Waals surface area contributed by atoms with E-state index < -0.39 is 35.1 Å². The molecule has 0 saturated carbocycles. The molecule has 0 aromatic carbocycles. The summed E-state index contributed by atoms with van der Waals surface area (Å²) in [5, 5.41) is -0.647. The minimum Gasteiger partial charge on any atom is -0.478 e. The number of alkyl halides is 5. The van der Waals surface area contributed by atoms with Crippen LogP contribution < -0.4 is 9.47 Å². The van der Waals surface area contributed by atoms with Crippen LogP contribution in [0.2, 0.25) is 5.15 Å². The van der Waals surface area contributed by atoms with E-state index in [4.69, 9.17) is 11.6 Å². The first-order valence-electron chi connectivity index (χ1n) is 4.03. The Balaban J connectivity index is 3.22. The Labute approximate surface area is 97.1 Å². The molecule has 1 heterocycles. The highest BCUT2D eigenvalue weighted by Gasteiger charge is 2.34. The van der Waals surface area contributed by atoms with Crippen molar-refractivity contribution in [2.75, 3.05) is 7.11 Å². The van der Waals surface area contributed by atoms with Crippen LogP contribution in [-0.4, -0.2) is 18.5 Å². The second kappa shape index (κ2) is 4.91. The number of nitrogens with zero attached hydrogens (tertiary/aromatic N) is 1. The third kappa shape index (κ3) is 3.58. The van der Waals surface area contributed by atoms with E-state index in [1.54, 1.807) is 0 Å². The molecule has 1 aromatic heterocycles. The molecule has 9 heteroatoms. The van der Waals surface area contributed by atoms with Gasteiger partial charge < -0.3 is 9.47 Å². The molecule has 1 rings (SSSR count). The molecule has 0 amide bonds. The summed E-state index contributed by atoms with van der Waals surface area (Å²) in [6.07, 6.45) is -8.11. The monoisotopic (exact) mass is 277 g/mol. The summed E-state index contributed by atoms with van der Waals surface area (Å²) in [5.41, 5.74) is -0.869. The maximum atomic E-state index is 12.4. The largest absolute Gasteiger partial charge is 0.573 e. The van der Waals surface area contributed by atoms with Crippen LogP contribution in [-0.2, 0) is 0 Å². The fraction of sp³-hybridized carbons (Fsp3) is 0.375. The lowest BCUT2D eigenvalue weighted by atomic mass is 10.3. The molecule has 0 atom stereocenters. The third-order valence-electron chi connectivity index (χ3n) is 1.59. The van der Waals surface area contributed by atoms with Gasteiger partial charge in [0.1, 0.15) is 5.15 Å². The highest BCUT2D eigenvalue weighted by molar-refractivity contribution is 6.30. The highest BCUT2D eigenvalue weighted by atomic mass is 35.5. The molecule has 0 aliphatic heterocycles. The maximum absolute atomic E-state index is 12.4. The summed E-state index contributed by atoms with van der Waals surface area (Å²) in [5.74, 6) is -1.60. The standard InChI is InChI=1S/C8H5ClF5NO2/c1-16-7-4(17-8(12,13)14)2-3(6(10)11)5(9)15-7/h2,6H,1H3. The minimum atomic E-state index is -5.04. The minimum absolute atomic E-state index is 0.437. The Morgan fingerprint density at radius 2 is 1.94 bits per heavy atom. The fourth-order valence-electron chi connectivity index (χ4n) is 0.968. The van der Waals surface area contributed by atoms with Crippen LogP contribution in [0.1, 0.15) is 12.0 Å². The Bertz CT molecular complexity index is 410. The number of ether oxygens (including phenoxy) is 2. The predicted octanol–water partition coefficient (Wildman–Crippen LogP) is 3.58. The van der Waals surface area contributed by atoms with Crippen molar-refractivity contribution < 1.29 is 31.4 Å². The first-order valence-corrected chi connectivity index (χ1v) is 4.40. The Morgan fingerprint density at radius 1 is 1.35 bits per heavy atom. The van der Waals surface area contributed by atoms with Crippen molar-refractivity contribution >= 4 is 11.6 Å². The van der Waals surface area contributed by atoms with Gasteiger partial charge in [0.2, 0.25) is 0 Å². The number of hydrogen-bond donors (Lipinski definition) is 0. The first-order chi connectivity index (χ1) is 7.74. The van der Waals surface area contributed by atoms with Gasteiger partial charge in [-0.1, -0.05) is 11.6 Å². The summed E-state index contributed by atoms with van der Waals surface area (Å²) in [6, 6.07) is 0.437. The molecule has 0 aliphatic rings. The zero-order valence-corrected chi connectivity index (χ0v) is 8.94. The van der Waals surface area contributed by atoms with Gasteiger partial charge in [-0.3, -0.25) is 0 Å². The average Bonchev–Trinajstić information content (AvgIpc) is 2.17. The van der Waals surface area contributed by atoms with Crippen molar-refractivity contribution in [2.24, 2.45) is 0 Å². The third-order valence-corrected chi connectivity index (χ3v) is 1.89. The Kier molecular flexibility index (Phi) is 3.97. The highest BCUT2D eigenvalue weighted by Crippen LogP contribution is 2.37. The summed E-state index contributed by atoms with van der Waals surface area (Å²) in [7, 11) is 1.00. The second-order valence-corrected chi connectivity index (χ2v) is 3.08. The van der Waals surface area contributed by atoms with Crippen LogP contribution in [0.5, 0.6) is 11.6 Å². The van der Waals surface area contributed by atoms with Gasteiger partial charge >= 0.3 is 6.36 Å². The molecule has 3 nitrogen and oxygen atoms in total. The zero-order valence-electron chi connectivity index (χ0n) is 8.19. The predicted molar refractivity (Wildman–Crippen MR) is 47.4 cm³/mol. The van der Waals surface area contributed by atoms with Gasteiger partial charge in [0, 0.05) is 0 Å². The maximum Gasteiger partial charge on any atom is 0.573 e. The number of rotatable bonds is 3. The fourth-order valence-corrected chi connectivity index (χ4v) is 1.18. The lowest BCUT2D eigenvalue weighted by Crippen LogP contribution is -2.18. The summed E-state index contributed by atoms with van der Waals surface area (Å²) in [4.78, 5) is 3.24. The van der Waals surface area contributed by atoms with Crippen molar-refractivity contribution in [2.45, 2.75) is 12.8 Å². The molecule has 0 saturated heterocycles. The quantitative estimate of drug-likeness (QED) is 0.625. The van der Waals surface area contributed by atoms with Crippen LogP contribution in [0.25, 0.3) is 0 Å². The van der Waals surface area contributed by atoms with Gasteiger partial charge in [-0.05, 0) is 6.07 Å². The topological polar surface area (TPSA) is 31.4 Å². The number of methoxy groups -OCH3 is 1. The van der Waals surface area contributed by atoms with Gasteiger partial charge in [-0.25, -0.2) is 8.78 Å². The summed E-state index contributed by atoms with van der Waals surface area (Å²) in [6.45, 7) is 0. The molecule has 0 spiro atoms. The zero-order chi connectivity index (χ0) is 13.2. The van der Waals surface area contributed by atoms with Gasteiger partial charge in [-0.2, -0.15) is 4.98 Å². The lowest BCUT2D eigenvalue weighted by molar-refractivity contribution is -0.275. The molecule has 0 bridgehead atoms. The summed E-state index contributed by atoms with van der Waals surface area (Å²) < 4.78 is 68.6. The van der Waals surface area contributed by atoms with Crippen molar-refractivity contribution in [3.05, 3.63) is 16.8 Å². The molecule has 17 heavy (non-hydrogen) atoms. The van der Waals surface area contributed by atoms with E-state index in [1.165, 1.54) is 0 Å². The van der Waals surface area contributed by atoms with Crippen LogP contribution in [0.3, 0.4) is 0 Å². The van der Waals surface area contributed by atoms with Crippen LogP contribution in [0, 0.1) is 0 Å². The van der Waals surface area contributed by atoms with E-state index in [0.29, 0.717) is 6.07 Å². The van der Waals surface area contributed by atoms with Gasteiger partial charge in [0.25, 0.3) is 12.3 Å². The van der Waals surface area contributed by atoms with Gasteiger partial charge in [0.05, 0.1) is 12.7 Å². The van der Waals surface area contributed by atoms with E-state index in [0.717, 1.165) is 7.11 Å². The molecule has 0 unspecified atom stereocenters. The van der Waals surface area contributed by atoms with Crippen LogP contribution >= 0.6 is 11.6 Å². The number of pyridine rings is 1. The number of halogens is 6. The van der Waals surface area contributed by atoms with Gasteiger partial charge in [0.15, 0.2) is 5.75 Å². The molecular weight excluding hydrogens is 273 g/mol. The molecule has 0 radical (unpaired) electrons. The number of aromatic nitrogens is 1. The molecular formula is C8H5ClF5NO2. The Morgan fingerprint density at radius 3 is 2.35 bits per heavy atom. The van der Waals surface area contributed by atoms with Crippen LogP contribution in [0.4, 0.5) is 22.0 Å². The average molecular weight is 278 g/mol. The molecule has 96 valence electrons. The van der Waals surface area contributed by atoms with E-state index in [9.17, 15) is 22.0 Å². The normalized spacial score (nSPS) is 11.8. The first kappa shape index (κ1) is 13.8. The van der Waals surface area contributed by atoms with Gasteiger partial charge in [-0.15, -0.1) is 13.2 Å². The van der Waals surface area contributed by atoms with Crippen molar-refractivity contribution in [1.82, 2.24) is 4.98 Å². The van der Waals surface area contributed by atoms with Crippen molar-refractivity contribution in [3.63, 3.8) is 0 Å².